The molecule has 120 valence electrons. The van der Waals surface area contributed by atoms with Crippen LogP contribution < -0.4 is 16.7 Å². The molecule has 7 nitrogen and oxygen atoms in total. The van der Waals surface area contributed by atoms with E-state index < -0.39 is 0 Å². The molecule has 0 aliphatic carbocycles. The number of benzene rings is 1. The predicted molar refractivity (Wildman–Crippen MR) is 89.7 cm³/mol. The Morgan fingerprint density at radius 1 is 1.26 bits per heavy atom. The van der Waals surface area contributed by atoms with Crippen molar-refractivity contribution in [2.24, 2.45) is 14.1 Å². The minimum Gasteiger partial charge on any atom is -0.296 e. The van der Waals surface area contributed by atoms with Gasteiger partial charge in [-0.1, -0.05) is 12.1 Å². The van der Waals surface area contributed by atoms with Crippen molar-refractivity contribution >= 4 is 28.6 Å². The fraction of sp³-hybridized carbons (Fsp3) is 0.267. The quantitative estimate of drug-likeness (QED) is 0.874. The Hall–Kier alpha value is -2.48. The van der Waals surface area contributed by atoms with Crippen molar-refractivity contribution in [2.75, 3.05) is 5.88 Å². The molecule has 2 heterocycles. The van der Waals surface area contributed by atoms with Gasteiger partial charge in [0.15, 0.2) is 0 Å². The maximum absolute atomic E-state index is 12.4. The highest BCUT2D eigenvalue weighted by molar-refractivity contribution is 8.02. The first-order chi connectivity index (χ1) is 11.0. The minimum absolute atomic E-state index is 0.0692. The number of nitrogens with zero attached hydrogens (tertiary/aromatic N) is 3. The maximum Gasteiger partial charge on any atom is 0.330 e. The molecule has 1 aromatic carbocycles. The van der Waals surface area contributed by atoms with E-state index in [4.69, 9.17) is 0 Å². The highest BCUT2D eigenvalue weighted by Crippen LogP contribution is 2.15. The number of aromatic nitrogens is 2. The molecule has 0 bridgehead atoms. The molecule has 1 aromatic heterocycles. The second kappa shape index (κ2) is 5.96. The van der Waals surface area contributed by atoms with Crippen molar-refractivity contribution in [3.63, 3.8) is 0 Å². The minimum atomic E-state index is -0.386. The van der Waals surface area contributed by atoms with Gasteiger partial charge in [-0.2, -0.15) is 0 Å². The van der Waals surface area contributed by atoms with E-state index in [0.29, 0.717) is 22.3 Å². The molecule has 0 spiro atoms. The Balaban J connectivity index is 2.01. The van der Waals surface area contributed by atoms with Crippen molar-refractivity contribution in [1.29, 1.82) is 0 Å². The molecule has 0 saturated heterocycles. The highest BCUT2D eigenvalue weighted by Gasteiger charge is 2.15. The average Bonchev–Trinajstić information content (AvgIpc) is 3.03. The number of hydrogen-bond donors (Lipinski definition) is 1. The zero-order valence-electron chi connectivity index (χ0n) is 12.8. The maximum atomic E-state index is 12.4. The van der Waals surface area contributed by atoms with Gasteiger partial charge < -0.3 is 0 Å². The van der Waals surface area contributed by atoms with Crippen LogP contribution in [0.2, 0.25) is 0 Å². The number of nitrogens with one attached hydrogen (secondary N) is 1. The fourth-order valence-corrected chi connectivity index (χ4v) is 3.20. The lowest BCUT2D eigenvalue weighted by Crippen LogP contribution is -2.39. The van der Waals surface area contributed by atoms with Crippen LogP contribution in [0.5, 0.6) is 0 Å². The second-order valence-electron chi connectivity index (χ2n) is 5.28. The standard InChI is InChI=1S/C15H16N4O3S/c1-17-11-5-3-4-10(13(11)14(21)18(2)15(17)22)8-12(20)16-19-6-7-23-9-19/h3-7H,8-9H2,1-2H3,(H,16,20). The van der Waals surface area contributed by atoms with Crippen molar-refractivity contribution in [1.82, 2.24) is 19.6 Å². The third-order valence-electron chi connectivity index (χ3n) is 3.75. The molecule has 0 radical (unpaired) electrons. The number of hydrogen-bond acceptors (Lipinski definition) is 5. The van der Waals surface area contributed by atoms with Gasteiger partial charge in [0.2, 0.25) is 5.91 Å². The Kier molecular flexibility index (Phi) is 3.99. The van der Waals surface area contributed by atoms with E-state index in [0.717, 1.165) is 4.57 Å². The van der Waals surface area contributed by atoms with Crippen molar-refractivity contribution in [3.05, 3.63) is 56.2 Å². The molecule has 1 aliphatic rings. The zero-order chi connectivity index (χ0) is 16.6. The van der Waals surface area contributed by atoms with Crippen LogP contribution in [0.4, 0.5) is 0 Å². The molecule has 1 aliphatic heterocycles. The average molecular weight is 332 g/mol. The smallest absolute Gasteiger partial charge is 0.296 e. The lowest BCUT2D eigenvalue weighted by molar-refractivity contribution is -0.123. The summed E-state index contributed by atoms with van der Waals surface area (Å²) >= 11 is 1.58. The SMILES string of the molecule is Cn1c(=O)c2c(CC(=O)NN3C=CSC3)cccc2n(C)c1=O. The van der Waals surface area contributed by atoms with Crippen LogP contribution in [-0.2, 0) is 25.3 Å². The van der Waals surface area contributed by atoms with E-state index in [-0.39, 0.29) is 23.6 Å². The third kappa shape index (κ3) is 2.77. The first-order valence-corrected chi connectivity index (χ1v) is 8.06. The molecule has 0 unspecified atom stereocenters. The van der Waals surface area contributed by atoms with Gasteiger partial charge in [-0.15, -0.1) is 11.8 Å². The number of rotatable bonds is 3. The molecule has 0 atom stereocenters. The van der Waals surface area contributed by atoms with Gasteiger partial charge in [0.1, 0.15) is 0 Å². The van der Waals surface area contributed by atoms with Gasteiger partial charge >= 0.3 is 5.69 Å². The molecular weight excluding hydrogens is 316 g/mol. The molecule has 3 rings (SSSR count). The van der Waals surface area contributed by atoms with E-state index in [9.17, 15) is 14.4 Å². The number of carbonyl (C=O) groups is 1. The molecule has 0 fully saturated rings. The van der Waals surface area contributed by atoms with Crippen molar-refractivity contribution in [3.8, 4) is 0 Å². The number of aryl methyl sites for hydroxylation is 1. The van der Waals surface area contributed by atoms with E-state index >= 15 is 0 Å². The van der Waals surface area contributed by atoms with Gasteiger partial charge in [0.25, 0.3) is 5.56 Å². The van der Waals surface area contributed by atoms with Crippen molar-refractivity contribution < 1.29 is 4.79 Å². The molecule has 23 heavy (non-hydrogen) atoms. The topological polar surface area (TPSA) is 76.3 Å². The van der Waals surface area contributed by atoms with Crippen LogP contribution in [0.15, 0.2) is 39.4 Å². The van der Waals surface area contributed by atoms with Crippen LogP contribution in [0.25, 0.3) is 10.9 Å². The fourth-order valence-electron chi connectivity index (χ4n) is 2.57. The lowest BCUT2D eigenvalue weighted by atomic mass is 10.1. The molecule has 1 amide bonds. The highest BCUT2D eigenvalue weighted by atomic mass is 32.2. The Morgan fingerprint density at radius 2 is 2.04 bits per heavy atom. The second-order valence-corrected chi connectivity index (χ2v) is 6.14. The summed E-state index contributed by atoms with van der Waals surface area (Å²) in [5.41, 5.74) is 3.12. The molecule has 0 saturated carbocycles. The summed E-state index contributed by atoms with van der Waals surface area (Å²) in [6.07, 6.45) is 1.86. The molecular formula is C15H16N4O3S. The number of hydrazine groups is 1. The van der Waals surface area contributed by atoms with Crippen LogP contribution in [-0.4, -0.2) is 25.9 Å². The Morgan fingerprint density at radius 3 is 2.74 bits per heavy atom. The van der Waals surface area contributed by atoms with Crippen LogP contribution in [0.1, 0.15) is 5.56 Å². The van der Waals surface area contributed by atoms with Gasteiger partial charge in [-0.25, -0.2) is 4.79 Å². The van der Waals surface area contributed by atoms with Gasteiger partial charge in [0.05, 0.1) is 23.2 Å². The first kappa shape index (κ1) is 15.4. The third-order valence-corrected chi connectivity index (χ3v) is 4.49. The number of thioether (sulfide) groups is 1. The molecule has 1 N–H and O–H groups in total. The number of carbonyl (C=O) groups excluding carboxylic acids is 1. The predicted octanol–water partition coefficient (Wildman–Crippen LogP) is 0.288. The summed E-state index contributed by atoms with van der Waals surface area (Å²) in [7, 11) is 3.05. The molecule has 8 heteroatoms. The van der Waals surface area contributed by atoms with Gasteiger partial charge in [-0.05, 0) is 17.0 Å². The normalized spacial score (nSPS) is 13.7. The van der Waals surface area contributed by atoms with Crippen LogP contribution >= 0.6 is 11.8 Å². The number of fused-ring (bicyclic) bond motifs is 1. The summed E-state index contributed by atoms with van der Waals surface area (Å²) in [4.78, 5) is 36.6. The van der Waals surface area contributed by atoms with Gasteiger partial charge in [-0.3, -0.25) is 29.2 Å². The summed E-state index contributed by atoms with van der Waals surface area (Å²) in [6, 6.07) is 5.19. The Bertz CT molecular complexity index is 929. The van der Waals surface area contributed by atoms with E-state index in [1.807, 2.05) is 5.41 Å². The van der Waals surface area contributed by atoms with Crippen LogP contribution in [0.3, 0.4) is 0 Å². The van der Waals surface area contributed by atoms with E-state index in [2.05, 4.69) is 5.43 Å². The largest absolute Gasteiger partial charge is 0.330 e. The summed E-state index contributed by atoms with van der Waals surface area (Å²) in [6.45, 7) is 0. The monoisotopic (exact) mass is 332 g/mol. The van der Waals surface area contributed by atoms with Crippen molar-refractivity contribution in [2.45, 2.75) is 6.42 Å². The summed E-state index contributed by atoms with van der Waals surface area (Å²) in [5.74, 6) is 0.456. The molecule has 2 aromatic rings. The Labute approximate surface area is 136 Å². The van der Waals surface area contributed by atoms with Gasteiger partial charge in [0, 0.05) is 20.3 Å². The summed E-state index contributed by atoms with van der Waals surface area (Å²) in [5, 5.41) is 3.98. The lowest BCUT2D eigenvalue weighted by Gasteiger charge is -2.16. The number of amides is 1. The zero-order valence-corrected chi connectivity index (χ0v) is 13.6. The summed E-state index contributed by atoms with van der Waals surface area (Å²) < 4.78 is 2.47. The van der Waals surface area contributed by atoms with E-state index in [1.165, 1.54) is 11.6 Å². The van der Waals surface area contributed by atoms with E-state index in [1.54, 1.807) is 48.2 Å². The van der Waals surface area contributed by atoms with Crippen LogP contribution in [0, 0.1) is 0 Å². The first-order valence-electron chi connectivity index (χ1n) is 7.01.